The van der Waals surface area contributed by atoms with Crippen LogP contribution < -0.4 is 5.32 Å². The number of aliphatic hydroxyl groups excluding tert-OH is 2. The van der Waals surface area contributed by atoms with Crippen molar-refractivity contribution in [3.63, 3.8) is 0 Å². The Kier molecular flexibility index (Phi) is 5.51. The van der Waals surface area contributed by atoms with Crippen LogP contribution in [0.2, 0.25) is 0 Å². The Morgan fingerprint density at radius 1 is 1.50 bits per heavy atom. The van der Waals surface area contributed by atoms with Gasteiger partial charge in [-0.2, -0.15) is 0 Å². The van der Waals surface area contributed by atoms with E-state index in [9.17, 15) is 5.11 Å². The molecule has 1 aromatic rings. The van der Waals surface area contributed by atoms with E-state index in [0.29, 0.717) is 25.4 Å². The molecule has 20 heavy (non-hydrogen) atoms. The van der Waals surface area contributed by atoms with Gasteiger partial charge in [0.25, 0.3) is 0 Å². The average molecular weight is 282 g/mol. The van der Waals surface area contributed by atoms with E-state index >= 15 is 0 Å². The van der Waals surface area contributed by atoms with Crippen LogP contribution in [0.15, 0.2) is 6.20 Å². The first-order valence-corrected chi connectivity index (χ1v) is 7.53. The molecule has 6 nitrogen and oxygen atoms in total. The van der Waals surface area contributed by atoms with E-state index in [1.807, 2.05) is 6.20 Å². The Morgan fingerprint density at radius 2 is 2.35 bits per heavy atom. The Morgan fingerprint density at radius 3 is 3.05 bits per heavy atom. The standard InChI is InChI=1S/C14H26N4O2/c1-12-4-2-5-14(8-12,11-20)15-9-13-10-18(17-16-13)6-3-7-19/h10,12,15,19-20H,2-9,11H2,1H3. The summed E-state index contributed by atoms with van der Waals surface area (Å²) >= 11 is 0. The number of rotatable bonds is 7. The molecule has 0 bridgehead atoms. The number of aliphatic hydroxyl groups is 2. The SMILES string of the molecule is CC1CCCC(CO)(NCc2cn(CCCO)nn2)C1. The lowest BCUT2D eigenvalue weighted by Gasteiger charge is -2.39. The number of aromatic nitrogens is 3. The van der Waals surface area contributed by atoms with Crippen LogP contribution in [0.5, 0.6) is 0 Å². The summed E-state index contributed by atoms with van der Waals surface area (Å²) < 4.78 is 1.75. The fraction of sp³-hybridized carbons (Fsp3) is 0.857. The summed E-state index contributed by atoms with van der Waals surface area (Å²) in [6, 6.07) is 0. The van der Waals surface area contributed by atoms with Gasteiger partial charge in [-0.1, -0.05) is 25.0 Å². The second-order valence-electron chi connectivity index (χ2n) is 6.04. The third-order valence-electron chi connectivity index (χ3n) is 4.17. The van der Waals surface area contributed by atoms with E-state index < -0.39 is 0 Å². The molecule has 2 atom stereocenters. The van der Waals surface area contributed by atoms with Crippen LogP contribution in [0.1, 0.15) is 44.7 Å². The molecule has 2 rings (SSSR count). The van der Waals surface area contributed by atoms with Gasteiger partial charge in [-0.25, -0.2) is 0 Å². The molecule has 1 aliphatic carbocycles. The van der Waals surface area contributed by atoms with E-state index in [0.717, 1.165) is 25.0 Å². The number of nitrogens with zero attached hydrogens (tertiary/aromatic N) is 3. The molecular weight excluding hydrogens is 256 g/mol. The molecule has 0 saturated heterocycles. The summed E-state index contributed by atoms with van der Waals surface area (Å²) in [5.41, 5.74) is 0.723. The third-order valence-corrected chi connectivity index (χ3v) is 4.17. The highest BCUT2D eigenvalue weighted by Crippen LogP contribution is 2.32. The fourth-order valence-corrected chi connectivity index (χ4v) is 3.06. The van der Waals surface area contributed by atoms with E-state index in [2.05, 4.69) is 22.6 Å². The van der Waals surface area contributed by atoms with Gasteiger partial charge in [0.15, 0.2) is 0 Å². The number of hydrogen-bond acceptors (Lipinski definition) is 5. The van der Waals surface area contributed by atoms with Gasteiger partial charge in [0.05, 0.1) is 12.3 Å². The maximum absolute atomic E-state index is 9.73. The highest BCUT2D eigenvalue weighted by Gasteiger charge is 2.33. The molecule has 1 heterocycles. The lowest BCUT2D eigenvalue weighted by atomic mass is 9.77. The van der Waals surface area contributed by atoms with Crippen molar-refractivity contribution in [1.29, 1.82) is 0 Å². The van der Waals surface area contributed by atoms with E-state index in [4.69, 9.17) is 5.11 Å². The van der Waals surface area contributed by atoms with Crippen LogP contribution in [-0.2, 0) is 13.1 Å². The summed E-state index contributed by atoms with van der Waals surface area (Å²) in [6.07, 6.45) is 7.04. The normalized spacial score (nSPS) is 26.9. The monoisotopic (exact) mass is 282 g/mol. The number of hydrogen-bond donors (Lipinski definition) is 3. The van der Waals surface area contributed by atoms with Gasteiger partial charge in [-0.3, -0.25) is 4.68 Å². The van der Waals surface area contributed by atoms with Crippen LogP contribution in [-0.4, -0.2) is 44.0 Å². The zero-order valence-electron chi connectivity index (χ0n) is 12.3. The second kappa shape index (κ2) is 7.15. The van der Waals surface area contributed by atoms with Crippen molar-refractivity contribution in [3.05, 3.63) is 11.9 Å². The molecule has 114 valence electrons. The zero-order chi connectivity index (χ0) is 14.4. The molecule has 6 heteroatoms. The predicted molar refractivity (Wildman–Crippen MR) is 76.0 cm³/mol. The van der Waals surface area contributed by atoms with Crippen molar-refractivity contribution in [2.24, 2.45) is 5.92 Å². The maximum Gasteiger partial charge on any atom is 0.0965 e. The van der Waals surface area contributed by atoms with Crippen molar-refractivity contribution in [2.75, 3.05) is 13.2 Å². The summed E-state index contributed by atoms with van der Waals surface area (Å²) in [7, 11) is 0. The van der Waals surface area contributed by atoms with Gasteiger partial charge in [-0.05, 0) is 25.2 Å². The summed E-state index contributed by atoms with van der Waals surface area (Å²) in [5, 5.41) is 30.2. The first-order valence-electron chi connectivity index (χ1n) is 7.53. The second-order valence-corrected chi connectivity index (χ2v) is 6.04. The average Bonchev–Trinajstić information content (AvgIpc) is 2.91. The summed E-state index contributed by atoms with van der Waals surface area (Å²) in [4.78, 5) is 0. The summed E-state index contributed by atoms with van der Waals surface area (Å²) in [6.45, 7) is 3.91. The van der Waals surface area contributed by atoms with E-state index in [1.165, 1.54) is 6.42 Å². The van der Waals surface area contributed by atoms with Gasteiger partial charge >= 0.3 is 0 Å². The van der Waals surface area contributed by atoms with Gasteiger partial charge in [0.1, 0.15) is 0 Å². The maximum atomic E-state index is 9.73. The third kappa shape index (κ3) is 4.01. The first-order chi connectivity index (χ1) is 9.67. The topological polar surface area (TPSA) is 83.2 Å². The van der Waals surface area contributed by atoms with Crippen molar-refractivity contribution in [1.82, 2.24) is 20.3 Å². The molecule has 1 saturated carbocycles. The van der Waals surface area contributed by atoms with Gasteiger partial charge < -0.3 is 15.5 Å². The minimum atomic E-state index is -0.160. The smallest absolute Gasteiger partial charge is 0.0965 e. The Balaban J connectivity index is 1.87. The molecular formula is C14H26N4O2. The molecule has 1 aromatic heterocycles. The zero-order valence-corrected chi connectivity index (χ0v) is 12.3. The lowest BCUT2D eigenvalue weighted by molar-refractivity contribution is 0.0979. The largest absolute Gasteiger partial charge is 0.396 e. The molecule has 1 fully saturated rings. The molecule has 2 unspecified atom stereocenters. The number of nitrogens with one attached hydrogen (secondary N) is 1. The van der Waals surface area contributed by atoms with Gasteiger partial charge in [0, 0.05) is 31.4 Å². The van der Waals surface area contributed by atoms with E-state index in [1.54, 1.807) is 4.68 Å². The van der Waals surface area contributed by atoms with Crippen LogP contribution in [0.25, 0.3) is 0 Å². The van der Waals surface area contributed by atoms with E-state index in [-0.39, 0.29) is 18.8 Å². The fourth-order valence-electron chi connectivity index (χ4n) is 3.06. The van der Waals surface area contributed by atoms with Crippen molar-refractivity contribution in [2.45, 2.75) is 57.7 Å². The highest BCUT2D eigenvalue weighted by atomic mass is 16.3. The van der Waals surface area contributed by atoms with Gasteiger partial charge in [-0.15, -0.1) is 5.10 Å². The van der Waals surface area contributed by atoms with Crippen LogP contribution in [0.4, 0.5) is 0 Å². The van der Waals surface area contributed by atoms with Crippen LogP contribution >= 0.6 is 0 Å². The summed E-state index contributed by atoms with van der Waals surface area (Å²) in [5.74, 6) is 0.656. The minimum Gasteiger partial charge on any atom is -0.396 e. The molecule has 0 amide bonds. The Hall–Kier alpha value is -0.980. The molecule has 1 aliphatic rings. The first kappa shape index (κ1) is 15.4. The molecule has 0 aliphatic heterocycles. The van der Waals surface area contributed by atoms with Crippen LogP contribution in [0, 0.1) is 5.92 Å². The van der Waals surface area contributed by atoms with Crippen LogP contribution in [0.3, 0.4) is 0 Å². The quantitative estimate of drug-likeness (QED) is 0.685. The number of aryl methyl sites for hydroxylation is 1. The van der Waals surface area contributed by atoms with Crippen molar-refractivity contribution < 1.29 is 10.2 Å². The molecule has 0 spiro atoms. The van der Waals surface area contributed by atoms with Crippen molar-refractivity contribution >= 4 is 0 Å². The van der Waals surface area contributed by atoms with Crippen molar-refractivity contribution in [3.8, 4) is 0 Å². The Bertz CT molecular complexity index is 410. The Labute approximate surface area is 120 Å². The molecule has 0 radical (unpaired) electrons. The predicted octanol–water partition coefficient (Wildman–Crippen LogP) is 0.691. The minimum absolute atomic E-state index is 0.160. The molecule has 0 aromatic carbocycles. The highest BCUT2D eigenvalue weighted by molar-refractivity contribution is 4.98. The van der Waals surface area contributed by atoms with Gasteiger partial charge in [0.2, 0.25) is 0 Å². The molecule has 3 N–H and O–H groups in total. The lowest BCUT2D eigenvalue weighted by Crippen LogP contribution is -2.51.